The first-order valence-electron chi connectivity index (χ1n) is 5.06. The van der Waals surface area contributed by atoms with E-state index in [-0.39, 0.29) is 6.04 Å². The van der Waals surface area contributed by atoms with Crippen molar-refractivity contribution in [1.82, 2.24) is 4.90 Å². The maximum absolute atomic E-state index is 8.65. The molecule has 0 saturated carbocycles. The van der Waals surface area contributed by atoms with Crippen LogP contribution in [0.25, 0.3) is 0 Å². The first-order valence-corrected chi connectivity index (χ1v) is 5.06. The zero-order valence-corrected chi connectivity index (χ0v) is 9.27. The summed E-state index contributed by atoms with van der Waals surface area (Å²) in [7, 11) is 0. The van der Waals surface area contributed by atoms with Gasteiger partial charge in [0.1, 0.15) is 6.61 Å². The van der Waals surface area contributed by atoms with E-state index in [9.17, 15) is 0 Å². The lowest BCUT2D eigenvalue weighted by Gasteiger charge is -2.32. The van der Waals surface area contributed by atoms with Gasteiger partial charge in [-0.3, -0.25) is 4.90 Å². The normalized spacial score (nSPS) is 21.8. The smallest absolute Gasteiger partial charge is 0.134 e. The van der Waals surface area contributed by atoms with Gasteiger partial charge in [-0.05, 0) is 13.8 Å². The fraction of sp³-hybridized carbons (Fsp3) is 0.800. The molecule has 0 N–H and O–H groups in total. The molecule has 0 aromatic carbocycles. The molecule has 0 radical (unpaired) electrons. The summed E-state index contributed by atoms with van der Waals surface area (Å²) >= 11 is 0. The minimum absolute atomic E-state index is 0.140. The molecule has 1 rings (SSSR count). The fourth-order valence-corrected chi connectivity index (χ4v) is 1.39. The van der Waals surface area contributed by atoms with Gasteiger partial charge >= 0.3 is 0 Å². The molecule has 0 unspecified atom stereocenters. The van der Waals surface area contributed by atoms with Crippen LogP contribution in [0.3, 0.4) is 0 Å². The Morgan fingerprint density at radius 2 is 2.47 bits per heavy atom. The minimum Gasteiger partial charge on any atom is -0.394 e. The average Bonchev–Trinajstić information content (AvgIpc) is 2.20. The summed E-state index contributed by atoms with van der Waals surface area (Å²) in [6, 6.07) is 2.29. The maximum atomic E-state index is 8.65. The van der Waals surface area contributed by atoms with Gasteiger partial charge in [-0.1, -0.05) is 5.16 Å². The molecule has 1 fully saturated rings. The van der Waals surface area contributed by atoms with Gasteiger partial charge in [-0.2, -0.15) is 5.26 Å². The summed E-state index contributed by atoms with van der Waals surface area (Å²) in [5, 5.41) is 12.5. The summed E-state index contributed by atoms with van der Waals surface area (Å²) in [6.45, 7) is 6.75. The van der Waals surface area contributed by atoms with Crippen LogP contribution >= 0.6 is 0 Å². The van der Waals surface area contributed by atoms with Gasteiger partial charge in [0, 0.05) is 6.54 Å². The second-order valence-corrected chi connectivity index (χ2v) is 3.69. The molecule has 1 atom stereocenters. The molecule has 0 spiro atoms. The first-order chi connectivity index (χ1) is 7.24. The second kappa shape index (κ2) is 6.38. The molecular weight excluding hydrogens is 194 g/mol. The average molecular weight is 211 g/mol. The third-order valence-corrected chi connectivity index (χ3v) is 2.14. The van der Waals surface area contributed by atoms with Gasteiger partial charge in [0.15, 0.2) is 0 Å². The molecular formula is C10H17N3O2. The number of morpholine rings is 1. The number of hydrogen-bond donors (Lipinski definition) is 0. The van der Waals surface area contributed by atoms with Crippen LogP contribution < -0.4 is 0 Å². The highest BCUT2D eigenvalue weighted by atomic mass is 16.6. The summed E-state index contributed by atoms with van der Waals surface area (Å²) in [5.41, 5.74) is 0.888. The molecule has 1 heterocycles. The van der Waals surface area contributed by atoms with Crippen molar-refractivity contribution in [2.75, 3.05) is 32.9 Å². The SMILES string of the molecule is CC(C)=NOC[C@@H]1COCCN1CC#N. The Morgan fingerprint density at radius 1 is 1.67 bits per heavy atom. The highest BCUT2D eigenvalue weighted by Crippen LogP contribution is 2.06. The van der Waals surface area contributed by atoms with Crippen molar-refractivity contribution in [3.63, 3.8) is 0 Å². The van der Waals surface area contributed by atoms with Crippen molar-refractivity contribution in [2.45, 2.75) is 19.9 Å². The van der Waals surface area contributed by atoms with E-state index in [1.165, 1.54) is 0 Å². The molecule has 84 valence electrons. The summed E-state index contributed by atoms with van der Waals surface area (Å²) < 4.78 is 5.34. The number of nitriles is 1. The zero-order valence-electron chi connectivity index (χ0n) is 9.27. The number of ether oxygens (including phenoxy) is 1. The van der Waals surface area contributed by atoms with Crippen LogP contribution in [-0.2, 0) is 9.57 Å². The molecule has 15 heavy (non-hydrogen) atoms. The summed E-state index contributed by atoms with van der Waals surface area (Å²) in [6.07, 6.45) is 0. The van der Waals surface area contributed by atoms with Gasteiger partial charge < -0.3 is 9.57 Å². The molecule has 0 aliphatic carbocycles. The van der Waals surface area contributed by atoms with E-state index in [0.717, 1.165) is 12.3 Å². The number of nitrogens with zero attached hydrogens (tertiary/aromatic N) is 3. The molecule has 1 saturated heterocycles. The molecule has 0 amide bonds. The standard InChI is InChI=1S/C10H17N3O2/c1-9(2)12-15-8-10-7-14-6-5-13(10)4-3-11/h10H,4-8H2,1-2H3/t10-/m0/s1. The third-order valence-electron chi connectivity index (χ3n) is 2.14. The maximum Gasteiger partial charge on any atom is 0.134 e. The van der Waals surface area contributed by atoms with E-state index in [1.54, 1.807) is 0 Å². The Hall–Kier alpha value is -1.12. The number of hydrogen-bond acceptors (Lipinski definition) is 5. The van der Waals surface area contributed by atoms with Crippen LogP contribution in [0.15, 0.2) is 5.16 Å². The van der Waals surface area contributed by atoms with Crippen molar-refractivity contribution < 1.29 is 9.57 Å². The van der Waals surface area contributed by atoms with E-state index in [0.29, 0.717) is 26.4 Å². The molecule has 5 heteroatoms. The highest BCUT2D eigenvalue weighted by molar-refractivity contribution is 5.78. The van der Waals surface area contributed by atoms with Crippen LogP contribution in [0.5, 0.6) is 0 Å². The van der Waals surface area contributed by atoms with Gasteiger partial charge in [-0.25, -0.2) is 0 Å². The predicted octanol–water partition coefficient (Wildman–Crippen LogP) is 0.623. The summed E-state index contributed by atoms with van der Waals surface area (Å²) in [5.74, 6) is 0. The molecule has 0 aromatic rings. The van der Waals surface area contributed by atoms with E-state index >= 15 is 0 Å². The molecule has 5 nitrogen and oxygen atoms in total. The second-order valence-electron chi connectivity index (χ2n) is 3.69. The van der Waals surface area contributed by atoms with E-state index in [2.05, 4.69) is 16.1 Å². The van der Waals surface area contributed by atoms with Gasteiger partial charge in [-0.15, -0.1) is 0 Å². The first kappa shape index (κ1) is 12.0. The molecule has 1 aliphatic heterocycles. The van der Waals surface area contributed by atoms with Crippen LogP contribution in [0, 0.1) is 11.3 Å². The van der Waals surface area contributed by atoms with E-state index in [4.69, 9.17) is 14.8 Å². The highest BCUT2D eigenvalue weighted by Gasteiger charge is 2.23. The minimum atomic E-state index is 0.140. The monoisotopic (exact) mass is 211 g/mol. The largest absolute Gasteiger partial charge is 0.394 e. The lowest BCUT2D eigenvalue weighted by molar-refractivity contribution is -0.0369. The fourth-order valence-electron chi connectivity index (χ4n) is 1.39. The van der Waals surface area contributed by atoms with Crippen LogP contribution in [0.2, 0.25) is 0 Å². The van der Waals surface area contributed by atoms with Gasteiger partial charge in [0.2, 0.25) is 0 Å². The van der Waals surface area contributed by atoms with Crippen LogP contribution in [0.4, 0.5) is 0 Å². The Labute approximate surface area is 90.2 Å². The zero-order chi connectivity index (χ0) is 11.1. The van der Waals surface area contributed by atoms with Crippen molar-refractivity contribution in [3.05, 3.63) is 0 Å². The molecule has 0 aromatic heterocycles. The number of oxime groups is 1. The third kappa shape index (κ3) is 4.28. The Balaban J connectivity index is 2.36. The van der Waals surface area contributed by atoms with E-state index < -0.39 is 0 Å². The van der Waals surface area contributed by atoms with Crippen LogP contribution in [-0.4, -0.2) is 49.6 Å². The topological polar surface area (TPSA) is 57.9 Å². The van der Waals surface area contributed by atoms with E-state index in [1.807, 2.05) is 13.8 Å². The Morgan fingerprint density at radius 3 is 3.13 bits per heavy atom. The quantitative estimate of drug-likeness (QED) is 0.388. The summed E-state index contributed by atoms with van der Waals surface area (Å²) in [4.78, 5) is 7.23. The van der Waals surface area contributed by atoms with Crippen molar-refractivity contribution in [1.29, 1.82) is 5.26 Å². The van der Waals surface area contributed by atoms with Crippen molar-refractivity contribution >= 4 is 5.71 Å². The van der Waals surface area contributed by atoms with Gasteiger partial charge in [0.25, 0.3) is 0 Å². The van der Waals surface area contributed by atoms with Gasteiger partial charge in [0.05, 0.1) is 37.6 Å². The van der Waals surface area contributed by atoms with Crippen LogP contribution in [0.1, 0.15) is 13.8 Å². The Bertz CT molecular complexity index is 256. The predicted molar refractivity (Wildman–Crippen MR) is 56.5 cm³/mol. The van der Waals surface area contributed by atoms with Crippen molar-refractivity contribution in [3.8, 4) is 6.07 Å². The Kier molecular flexibility index (Phi) is 5.08. The number of rotatable bonds is 4. The molecule has 0 bridgehead atoms. The van der Waals surface area contributed by atoms with Crippen molar-refractivity contribution in [2.24, 2.45) is 5.16 Å². The molecule has 1 aliphatic rings. The lowest BCUT2D eigenvalue weighted by Crippen LogP contribution is -2.47. The lowest BCUT2D eigenvalue weighted by atomic mass is 10.2.